The van der Waals surface area contributed by atoms with Gasteiger partial charge in [-0.1, -0.05) is 45.0 Å². The third-order valence-corrected chi connectivity index (χ3v) is 4.77. The summed E-state index contributed by atoms with van der Waals surface area (Å²) in [5.74, 6) is 1.40. The normalized spacial score (nSPS) is 22.1. The Bertz CT molecular complexity index is 613. The monoisotopic (exact) mass is 295 g/mol. The van der Waals surface area contributed by atoms with E-state index in [2.05, 4.69) is 66.8 Å². The van der Waals surface area contributed by atoms with Gasteiger partial charge in [0.15, 0.2) is 0 Å². The van der Waals surface area contributed by atoms with E-state index >= 15 is 0 Å². The summed E-state index contributed by atoms with van der Waals surface area (Å²) >= 11 is 0. The molecule has 2 aromatic rings. The third-order valence-electron chi connectivity index (χ3n) is 4.77. The molecule has 0 bridgehead atoms. The van der Waals surface area contributed by atoms with Gasteiger partial charge in [-0.2, -0.15) is 0 Å². The number of aromatic nitrogens is 2. The van der Waals surface area contributed by atoms with Crippen molar-refractivity contribution in [3.8, 4) is 0 Å². The van der Waals surface area contributed by atoms with Crippen LogP contribution in [0.5, 0.6) is 0 Å². The van der Waals surface area contributed by atoms with Gasteiger partial charge in [0.2, 0.25) is 5.95 Å². The number of rotatable bonds is 2. The van der Waals surface area contributed by atoms with Crippen molar-refractivity contribution in [1.82, 2.24) is 9.97 Å². The van der Waals surface area contributed by atoms with Crippen LogP contribution in [0.3, 0.4) is 0 Å². The third kappa shape index (κ3) is 2.85. The van der Waals surface area contributed by atoms with E-state index in [0.29, 0.717) is 12.0 Å². The molecule has 0 amide bonds. The Labute approximate surface area is 133 Å². The summed E-state index contributed by atoms with van der Waals surface area (Å²) in [6.07, 6.45) is 4.80. The highest BCUT2D eigenvalue weighted by atomic mass is 15.3. The summed E-state index contributed by atoms with van der Waals surface area (Å²) in [6.45, 7) is 10.1. The van der Waals surface area contributed by atoms with E-state index in [1.165, 1.54) is 11.1 Å². The van der Waals surface area contributed by atoms with Gasteiger partial charge >= 0.3 is 0 Å². The Hall–Kier alpha value is -1.90. The Morgan fingerprint density at radius 2 is 1.68 bits per heavy atom. The second kappa shape index (κ2) is 5.71. The van der Waals surface area contributed by atoms with E-state index in [-0.39, 0.29) is 5.41 Å². The molecule has 0 aliphatic carbocycles. The van der Waals surface area contributed by atoms with E-state index in [0.717, 1.165) is 18.9 Å². The first-order chi connectivity index (χ1) is 10.5. The highest BCUT2D eigenvalue weighted by Crippen LogP contribution is 2.35. The second-order valence-electron chi connectivity index (χ2n) is 7.25. The lowest BCUT2D eigenvalue weighted by Crippen LogP contribution is -2.30. The fourth-order valence-corrected chi connectivity index (χ4v) is 3.34. The Morgan fingerprint density at radius 3 is 2.27 bits per heavy atom. The molecule has 0 N–H and O–H groups in total. The van der Waals surface area contributed by atoms with Crippen molar-refractivity contribution in [1.29, 1.82) is 0 Å². The van der Waals surface area contributed by atoms with Crippen LogP contribution in [0, 0.1) is 0 Å². The highest BCUT2D eigenvalue weighted by molar-refractivity contribution is 5.38. The van der Waals surface area contributed by atoms with Crippen molar-refractivity contribution in [3.63, 3.8) is 0 Å². The van der Waals surface area contributed by atoms with Gasteiger partial charge in [0, 0.05) is 30.9 Å². The zero-order valence-corrected chi connectivity index (χ0v) is 14.0. The van der Waals surface area contributed by atoms with Crippen LogP contribution in [-0.2, 0) is 5.41 Å². The lowest BCUT2D eigenvalue weighted by atomic mass is 9.84. The molecule has 0 spiro atoms. The zero-order chi connectivity index (χ0) is 15.7. The van der Waals surface area contributed by atoms with E-state index < -0.39 is 0 Å². The molecule has 1 aromatic heterocycles. The first-order valence-corrected chi connectivity index (χ1v) is 8.11. The number of benzene rings is 1. The molecule has 3 heteroatoms. The molecule has 2 atom stereocenters. The summed E-state index contributed by atoms with van der Waals surface area (Å²) < 4.78 is 0. The standard InChI is InChI=1S/C19H25N3/c1-14-17(10-13-22(14)18-20-11-5-12-21-18)15-6-8-16(9-7-15)19(2,3)4/h5-9,11-12,14,17H,10,13H2,1-4H3/t14-,17+/m0/s1. The number of hydrogen-bond donors (Lipinski definition) is 0. The van der Waals surface area contributed by atoms with Crippen molar-refractivity contribution in [3.05, 3.63) is 53.9 Å². The topological polar surface area (TPSA) is 29.0 Å². The Balaban J connectivity index is 1.79. The second-order valence-corrected chi connectivity index (χ2v) is 7.25. The largest absolute Gasteiger partial charge is 0.337 e. The van der Waals surface area contributed by atoms with Crippen LogP contribution in [0.1, 0.15) is 51.2 Å². The molecular weight excluding hydrogens is 270 g/mol. The maximum atomic E-state index is 4.40. The van der Waals surface area contributed by atoms with E-state index in [4.69, 9.17) is 0 Å². The number of anilines is 1. The summed E-state index contributed by atoms with van der Waals surface area (Å²) in [6, 6.07) is 11.5. The summed E-state index contributed by atoms with van der Waals surface area (Å²) in [4.78, 5) is 11.1. The smallest absolute Gasteiger partial charge is 0.225 e. The minimum absolute atomic E-state index is 0.212. The highest BCUT2D eigenvalue weighted by Gasteiger charge is 2.33. The van der Waals surface area contributed by atoms with Gasteiger partial charge < -0.3 is 4.90 Å². The molecule has 0 unspecified atom stereocenters. The van der Waals surface area contributed by atoms with Gasteiger partial charge in [-0.3, -0.25) is 0 Å². The lowest BCUT2D eigenvalue weighted by molar-refractivity contribution is 0.587. The molecular formula is C19H25N3. The molecule has 1 saturated heterocycles. The molecule has 22 heavy (non-hydrogen) atoms. The van der Waals surface area contributed by atoms with Gasteiger partial charge in [-0.25, -0.2) is 9.97 Å². The molecule has 1 aliphatic rings. The molecule has 2 heterocycles. The predicted molar refractivity (Wildman–Crippen MR) is 91.3 cm³/mol. The Morgan fingerprint density at radius 1 is 1.05 bits per heavy atom. The van der Waals surface area contributed by atoms with Crippen LogP contribution in [-0.4, -0.2) is 22.6 Å². The quantitative estimate of drug-likeness (QED) is 0.833. The lowest BCUT2D eigenvalue weighted by Gasteiger charge is -2.25. The van der Waals surface area contributed by atoms with Gasteiger partial charge in [-0.05, 0) is 36.0 Å². The average Bonchev–Trinajstić information content (AvgIpc) is 2.89. The minimum Gasteiger partial charge on any atom is -0.337 e. The van der Waals surface area contributed by atoms with Gasteiger partial charge in [0.1, 0.15) is 0 Å². The Kier molecular flexibility index (Phi) is 3.90. The maximum Gasteiger partial charge on any atom is 0.225 e. The number of hydrogen-bond acceptors (Lipinski definition) is 3. The van der Waals surface area contributed by atoms with E-state index in [1.54, 1.807) is 0 Å². The van der Waals surface area contributed by atoms with E-state index in [9.17, 15) is 0 Å². The average molecular weight is 295 g/mol. The van der Waals surface area contributed by atoms with Crippen LogP contribution < -0.4 is 4.90 Å². The summed E-state index contributed by atoms with van der Waals surface area (Å²) in [5.41, 5.74) is 3.04. The van der Waals surface area contributed by atoms with Gasteiger partial charge in [-0.15, -0.1) is 0 Å². The summed E-state index contributed by atoms with van der Waals surface area (Å²) in [7, 11) is 0. The molecule has 116 valence electrons. The SMILES string of the molecule is C[C@H]1[C@H](c2ccc(C(C)(C)C)cc2)CCN1c1ncccn1. The van der Waals surface area contributed by atoms with Crippen LogP contribution in [0.15, 0.2) is 42.7 Å². The molecule has 1 aliphatic heterocycles. The van der Waals surface area contributed by atoms with Crippen molar-refractivity contribution in [2.75, 3.05) is 11.4 Å². The molecule has 0 saturated carbocycles. The van der Waals surface area contributed by atoms with Crippen molar-refractivity contribution < 1.29 is 0 Å². The fourth-order valence-electron chi connectivity index (χ4n) is 3.34. The van der Waals surface area contributed by atoms with Crippen LogP contribution in [0.4, 0.5) is 5.95 Å². The first-order valence-electron chi connectivity index (χ1n) is 8.11. The van der Waals surface area contributed by atoms with E-state index in [1.807, 2.05) is 18.5 Å². The van der Waals surface area contributed by atoms with Crippen LogP contribution >= 0.6 is 0 Å². The van der Waals surface area contributed by atoms with Crippen molar-refractivity contribution >= 4 is 5.95 Å². The molecule has 1 fully saturated rings. The molecule has 1 aromatic carbocycles. The zero-order valence-electron chi connectivity index (χ0n) is 14.0. The predicted octanol–water partition coefficient (Wildman–Crippen LogP) is 4.16. The van der Waals surface area contributed by atoms with Crippen molar-refractivity contribution in [2.45, 2.75) is 51.5 Å². The van der Waals surface area contributed by atoms with Gasteiger partial charge in [0.05, 0.1) is 0 Å². The fraction of sp³-hybridized carbons (Fsp3) is 0.474. The van der Waals surface area contributed by atoms with Crippen LogP contribution in [0.25, 0.3) is 0 Å². The maximum absolute atomic E-state index is 4.40. The molecule has 3 nitrogen and oxygen atoms in total. The van der Waals surface area contributed by atoms with Crippen molar-refractivity contribution in [2.24, 2.45) is 0 Å². The van der Waals surface area contributed by atoms with Gasteiger partial charge in [0.25, 0.3) is 0 Å². The minimum atomic E-state index is 0.212. The molecule has 3 rings (SSSR count). The molecule has 0 radical (unpaired) electrons. The first kappa shape index (κ1) is 15.0. The van der Waals surface area contributed by atoms with Crippen LogP contribution in [0.2, 0.25) is 0 Å². The summed E-state index contributed by atoms with van der Waals surface area (Å²) in [5, 5.41) is 0. The number of nitrogens with zero attached hydrogens (tertiary/aromatic N) is 3.